The molecule has 0 saturated heterocycles. The molecular weight excluding hydrogens is 781 g/mol. The molecule has 0 saturated carbocycles. The van der Waals surface area contributed by atoms with Crippen LogP contribution in [0, 0.1) is 48.7 Å². The summed E-state index contributed by atoms with van der Waals surface area (Å²) in [5, 5.41) is 6.05. The van der Waals surface area contributed by atoms with E-state index in [2.05, 4.69) is 180 Å². The maximum atomic E-state index is 3.70. The molecule has 4 unspecified atom stereocenters. The molecule has 2 aromatic rings. The zero-order valence-electron chi connectivity index (χ0n) is 33.2. The third-order valence-electron chi connectivity index (χ3n) is 8.84. The number of fused-ring (bicyclic) bond motifs is 2. The first-order valence-corrected chi connectivity index (χ1v) is 25.3. The fourth-order valence-electron chi connectivity index (χ4n) is 6.20. The third kappa shape index (κ3) is 11.2. The van der Waals surface area contributed by atoms with Crippen molar-refractivity contribution in [2.45, 2.75) is 94.4 Å². The summed E-state index contributed by atoms with van der Waals surface area (Å²) in [5.41, 5.74) is 7.53. The summed E-state index contributed by atoms with van der Waals surface area (Å²) >= 11 is 1.58. The third-order valence-corrected chi connectivity index (χ3v) is 15.3. The summed E-state index contributed by atoms with van der Waals surface area (Å²) in [5.74, 6) is 0. The van der Waals surface area contributed by atoms with E-state index >= 15 is 0 Å². The predicted molar refractivity (Wildman–Crippen MR) is 233 cm³/mol. The van der Waals surface area contributed by atoms with Crippen molar-refractivity contribution in [3.05, 3.63) is 145 Å². The minimum absolute atomic E-state index is 0. The second kappa shape index (κ2) is 19.1. The quantitative estimate of drug-likeness (QED) is 0.161. The van der Waals surface area contributed by atoms with Crippen molar-refractivity contribution in [2.24, 2.45) is 21.7 Å². The van der Waals surface area contributed by atoms with Gasteiger partial charge in [-0.1, -0.05) is 160 Å². The number of hydrogen-bond donors (Lipinski definition) is 0. The molecule has 50 heavy (non-hydrogen) atoms. The van der Waals surface area contributed by atoms with Gasteiger partial charge in [-0.05, 0) is 43.6 Å². The maximum absolute atomic E-state index is 3.70. The molecule has 2 aliphatic carbocycles. The number of allylic oxidation sites excluding steroid dienone is 12. The molecule has 0 amide bonds. The van der Waals surface area contributed by atoms with Gasteiger partial charge in [-0.25, -0.2) is 0 Å². The van der Waals surface area contributed by atoms with Gasteiger partial charge in [0.15, 0.2) is 0 Å². The number of hydrogen-bond acceptors (Lipinski definition) is 0. The zero-order valence-corrected chi connectivity index (χ0v) is 40.4. The molecule has 2 aliphatic heterocycles. The van der Waals surface area contributed by atoms with Crippen molar-refractivity contribution >= 4 is 58.1 Å². The molecule has 6 rings (SSSR count). The standard InChI is InChI=1S/2C21H26P.2CH3.2ClH.H2Si.Zr/c2*1-20(2,3)16-12-15-13-19(21(4,5)6)22(18(15)14-16)17-10-8-7-9-11-17;;;;;;/h2*7-11,13-14,19H,1-6H3;2*1H3;2*1H;1H2;/q4*-1;;;;. The van der Waals surface area contributed by atoms with Gasteiger partial charge in [-0.2, -0.15) is 23.3 Å². The van der Waals surface area contributed by atoms with Crippen LogP contribution in [0.15, 0.2) is 118 Å². The second-order valence-electron chi connectivity index (χ2n) is 16.8. The molecule has 0 spiro atoms. The molecule has 0 aromatic heterocycles. The van der Waals surface area contributed by atoms with Gasteiger partial charge in [0.25, 0.3) is 0 Å². The number of benzene rings is 2. The Balaban J connectivity index is 0.000000850. The van der Waals surface area contributed by atoms with Crippen LogP contribution in [-0.4, -0.2) is 18.2 Å². The first kappa shape index (κ1) is 49.4. The van der Waals surface area contributed by atoms with Crippen LogP contribution >= 0.6 is 40.7 Å². The van der Waals surface area contributed by atoms with E-state index in [0.29, 0.717) is 11.3 Å². The van der Waals surface area contributed by atoms with Gasteiger partial charge in [0.2, 0.25) is 0 Å². The van der Waals surface area contributed by atoms with Crippen LogP contribution in [0.4, 0.5) is 0 Å². The van der Waals surface area contributed by atoms with Crippen molar-refractivity contribution in [3.8, 4) is 0 Å². The van der Waals surface area contributed by atoms with E-state index in [0.717, 1.165) is 0 Å². The Hall–Kier alpha value is -0.580. The van der Waals surface area contributed by atoms with E-state index < -0.39 is 0 Å². The molecular formula is C44H62Cl2P2SiZr-4. The molecule has 0 N–H and O–H groups in total. The van der Waals surface area contributed by atoms with Gasteiger partial charge in [0.1, 0.15) is 0 Å². The van der Waals surface area contributed by atoms with Crippen LogP contribution in [0.1, 0.15) is 83.1 Å². The van der Waals surface area contributed by atoms with Crippen molar-refractivity contribution in [1.82, 2.24) is 0 Å². The van der Waals surface area contributed by atoms with E-state index in [9.17, 15) is 0 Å². The van der Waals surface area contributed by atoms with E-state index in [1.807, 2.05) is 6.88 Å². The van der Waals surface area contributed by atoms with Crippen LogP contribution in [-0.2, 0) is 23.3 Å². The molecule has 274 valence electrons. The summed E-state index contributed by atoms with van der Waals surface area (Å²) in [7, 11) is -0.641. The second-order valence-corrected chi connectivity index (χ2v) is 21.4. The molecule has 2 aromatic carbocycles. The summed E-state index contributed by atoms with van der Waals surface area (Å²) < 4.78 is 0. The fourth-order valence-corrected chi connectivity index (χ4v) is 12.4. The van der Waals surface area contributed by atoms with Gasteiger partial charge in [0.05, 0.1) is 0 Å². The van der Waals surface area contributed by atoms with Crippen LogP contribution in [0.3, 0.4) is 0 Å². The first-order valence-electron chi connectivity index (χ1n) is 16.6. The molecule has 0 fully saturated rings. The Morgan fingerprint density at radius 3 is 1.04 bits per heavy atom. The molecule has 6 heteroatoms. The summed E-state index contributed by atoms with van der Waals surface area (Å²) in [6, 6.07) is 22.1. The normalized spacial score (nSPS) is 21.8. The van der Waals surface area contributed by atoms with Gasteiger partial charge < -0.3 is 14.9 Å². The summed E-state index contributed by atoms with van der Waals surface area (Å²) in [6.07, 6.45) is 17.2. The van der Waals surface area contributed by atoms with Gasteiger partial charge in [-0.15, -0.1) is 70.9 Å². The van der Waals surface area contributed by atoms with E-state index in [4.69, 9.17) is 0 Å². The minimum atomic E-state index is -0.321. The zero-order chi connectivity index (χ0) is 34.2. The Bertz CT molecular complexity index is 1480. The molecule has 2 heterocycles. The Morgan fingerprint density at radius 1 is 0.520 bits per heavy atom. The van der Waals surface area contributed by atoms with E-state index in [1.165, 1.54) is 43.5 Å². The van der Waals surface area contributed by atoms with Gasteiger partial charge in [-0.3, -0.25) is 0 Å². The molecule has 4 atom stereocenters. The van der Waals surface area contributed by atoms with Crippen molar-refractivity contribution in [3.63, 3.8) is 0 Å². The van der Waals surface area contributed by atoms with Crippen molar-refractivity contribution in [2.75, 3.05) is 0 Å². The number of rotatable bonds is 2. The summed E-state index contributed by atoms with van der Waals surface area (Å²) in [4.78, 5) is 0. The first-order chi connectivity index (χ1) is 21.4. The van der Waals surface area contributed by atoms with Crippen LogP contribution < -0.4 is 10.6 Å². The van der Waals surface area contributed by atoms with Crippen LogP contribution in [0.2, 0.25) is 0 Å². The SMILES string of the molecule is CC(C)(C)C1=[C-]C2=CC(C(C)(C)C)P(c3ccccc3)C2=C1.CC(C)(C)C1=[C-]C2=CC(C(C)(C)C)P(c3ccccc3)C2=C1.Cl.Cl.[CH3-].[CH3-].[SiH2]=[Zr]. The Labute approximate surface area is 339 Å². The topological polar surface area (TPSA) is 0 Å². The van der Waals surface area contributed by atoms with Gasteiger partial charge >= 0.3 is 30.2 Å². The molecule has 0 radical (unpaired) electrons. The number of halogens is 2. The Morgan fingerprint density at radius 2 is 0.800 bits per heavy atom. The van der Waals surface area contributed by atoms with Crippen molar-refractivity contribution in [1.29, 1.82) is 0 Å². The molecule has 0 nitrogen and oxygen atoms in total. The predicted octanol–water partition coefficient (Wildman–Crippen LogP) is 12.5. The van der Waals surface area contributed by atoms with Crippen molar-refractivity contribution < 1.29 is 23.3 Å². The fraction of sp³-hybridized carbons (Fsp3) is 0.409. The van der Waals surface area contributed by atoms with E-state index in [-0.39, 0.29) is 77.2 Å². The Kier molecular flexibility index (Phi) is 18.9. The average Bonchev–Trinajstić information content (AvgIpc) is 3.73. The van der Waals surface area contributed by atoms with E-state index in [1.54, 1.807) is 23.3 Å². The molecule has 4 aliphatic rings. The monoisotopic (exact) mass is 840 g/mol. The van der Waals surface area contributed by atoms with Crippen LogP contribution in [0.25, 0.3) is 0 Å². The van der Waals surface area contributed by atoms with Crippen LogP contribution in [0.5, 0.6) is 0 Å². The van der Waals surface area contributed by atoms with Gasteiger partial charge in [0, 0.05) is 0 Å². The summed E-state index contributed by atoms with van der Waals surface area (Å²) in [6.45, 7) is 29.8. The average molecular weight is 843 g/mol. The molecule has 0 bridgehead atoms.